The molecular formula is C18H22ClNO. The minimum Gasteiger partial charge on any atom is -0.493 e. The van der Waals surface area contributed by atoms with E-state index in [-0.39, 0.29) is 6.04 Å². The second kappa shape index (κ2) is 8.06. The minimum atomic E-state index is 0.112. The molecule has 0 bridgehead atoms. The summed E-state index contributed by atoms with van der Waals surface area (Å²) >= 11 is 6.29. The zero-order valence-electron chi connectivity index (χ0n) is 12.4. The molecule has 1 atom stereocenters. The number of halogens is 1. The monoisotopic (exact) mass is 303 g/mol. The molecule has 2 aromatic rings. The van der Waals surface area contributed by atoms with Gasteiger partial charge in [0.1, 0.15) is 5.75 Å². The molecule has 2 N–H and O–H groups in total. The van der Waals surface area contributed by atoms with E-state index in [4.69, 9.17) is 22.1 Å². The fourth-order valence-electron chi connectivity index (χ4n) is 2.20. The van der Waals surface area contributed by atoms with Gasteiger partial charge < -0.3 is 10.5 Å². The molecule has 0 amide bonds. The van der Waals surface area contributed by atoms with E-state index in [1.54, 1.807) is 0 Å². The highest BCUT2D eigenvalue weighted by atomic mass is 35.5. The van der Waals surface area contributed by atoms with E-state index in [0.29, 0.717) is 6.61 Å². The van der Waals surface area contributed by atoms with Crippen LogP contribution in [0.15, 0.2) is 48.5 Å². The maximum Gasteiger partial charge on any atom is 0.124 e. The summed E-state index contributed by atoms with van der Waals surface area (Å²) in [4.78, 5) is 0. The van der Waals surface area contributed by atoms with Crippen LogP contribution in [0.4, 0.5) is 0 Å². The molecular weight excluding hydrogens is 282 g/mol. The average Bonchev–Trinajstić information content (AvgIpc) is 2.51. The van der Waals surface area contributed by atoms with Gasteiger partial charge in [0, 0.05) is 23.0 Å². The van der Waals surface area contributed by atoms with Gasteiger partial charge in [0.2, 0.25) is 0 Å². The number of hydrogen-bond donors (Lipinski definition) is 1. The Labute approximate surface area is 131 Å². The lowest BCUT2D eigenvalue weighted by atomic mass is 10.0. The normalized spacial score (nSPS) is 12.1. The van der Waals surface area contributed by atoms with Crippen LogP contribution in [0, 0.1) is 0 Å². The van der Waals surface area contributed by atoms with Crippen molar-refractivity contribution in [3.63, 3.8) is 0 Å². The molecule has 2 aromatic carbocycles. The van der Waals surface area contributed by atoms with Crippen LogP contribution in [-0.2, 0) is 12.8 Å². The first kappa shape index (κ1) is 15.9. The average molecular weight is 304 g/mol. The largest absolute Gasteiger partial charge is 0.493 e. The van der Waals surface area contributed by atoms with Crippen molar-refractivity contribution in [3.8, 4) is 5.75 Å². The van der Waals surface area contributed by atoms with Crippen LogP contribution in [0.2, 0.25) is 5.02 Å². The molecule has 0 fully saturated rings. The van der Waals surface area contributed by atoms with Crippen LogP contribution in [0.3, 0.4) is 0 Å². The van der Waals surface area contributed by atoms with Crippen molar-refractivity contribution in [2.45, 2.75) is 32.2 Å². The summed E-state index contributed by atoms with van der Waals surface area (Å²) in [5.41, 5.74) is 8.33. The second-order valence-electron chi connectivity index (χ2n) is 5.17. The Morgan fingerprint density at radius 2 is 1.86 bits per heavy atom. The van der Waals surface area contributed by atoms with Gasteiger partial charge in [-0.2, -0.15) is 0 Å². The maximum atomic E-state index is 6.29. The predicted molar refractivity (Wildman–Crippen MR) is 89.1 cm³/mol. The predicted octanol–water partition coefficient (Wildman–Crippen LogP) is 4.24. The Morgan fingerprint density at radius 1 is 1.10 bits per heavy atom. The van der Waals surface area contributed by atoms with Crippen LogP contribution < -0.4 is 10.5 Å². The van der Waals surface area contributed by atoms with Crippen molar-refractivity contribution in [1.29, 1.82) is 0 Å². The molecule has 112 valence electrons. The van der Waals surface area contributed by atoms with Crippen molar-refractivity contribution in [3.05, 3.63) is 64.7 Å². The third-order valence-electron chi connectivity index (χ3n) is 3.56. The minimum absolute atomic E-state index is 0.112. The number of ether oxygens (including phenoxy) is 1. The van der Waals surface area contributed by atoms with Gasteiger partial charge in [0.25, 0.3) is 0 Å². The summed E-state index contributed by atoms with van der Waals surface area (Å²) in [6.07, 6.45) is 2.55. The molecule has 2 rings (SSSR count). The van der Waals surface area contributed by atoms with Gasteiger partial charge in [-0.3, -0.25) is 0 Å². The smallest absolute Gasteiger partial charge is 0.124 e. The van der Waals surface area contributed by atoms with E-state index in [1.807, 2.05) is 36.4 Å². The van der Waals surface area contributed by atoms with E-state index in [9.17, 15) is 0 Å². The zero-order valence-corrected chi connectivity index (χ0v) is 13.1. The standard InChI is InChI=1S/C18H22ClNO/c1-2-15(20)13-16-17(19)9-6-10-18(16)21-12-11-14-7-4-3-5-8-14/h3-10,15H,2,11-13,20H2,1H3. The van der Waals surface area contributed by atoms with Gasteiger partial charge in [-0.15, -0.1) is 0 Å². The highest BCUT2D eigenvalue weighted by Gasteiger charge is 2.11. The lowest BCUT2D eigenvalue weighted by Crippen LogP contribution is -2.22. The molecule has 0 aliphatic rings. The molecule has 0 saturated carbocycles. The maximum absolute atomic E-state index is 6.29. The van der Waals surface area contributed by atoms with Gasteiger partial charge in [-0.25, -0.2) is 0 Å². The lowest BCUT2D eigenvalue weighted by Gasteiger charge is -2.16. The van der Waals surface area contributed by atoms with Crippen LogP contribution >= 0.6 is 11.6 Å². The summed E-state index contributed by atoms with van der Waals surface area (Å²) in [7, 11) is 0. The van der Waals surface area contributed by atoms with E-state index in [2.05, 4.69) is 19.1 Å². The van der Waals surface area contributed by atoms with Gasteiger partial charge in [0.15, 0.2) is 0 Å². The first-order chi connectivity index (χ1) is 10.2. The van der Waals surface area contributed by atoms with Crippen molar-refractivity contribution < 1.29 is 4.74 Å². The third kappa shape index (κ3) is 4.76. The molecule has 0 aromatic heterocycles. The van der Waals surface area contributed by atoms with E-state index in [1.165, 1.54) is 5.56 Å². The highest BCUT2D eigenvalue weighted by Crippen LogP contribution is 2.28. The van der Waals surface area contributed by atoms with Crippen molar-refractivity contribution >= 4 is 11.6 Å². The summed E-state index contributed by atoms with van der Waals surface area (Å²) in [6, 6.07) is 16.2. The second-order valence-corrected chi connectivity index (χ2v) is 5.58. The van der Waals surface area contributed by atoms with Crippen molar-refractivity contribution in [2.24, 2.45) is 5.73 Å². The van der Waals surface area contributed by atoms with E-state index < -0.39 is 0 Å². The Bertz CT molecular complexity index is 556. The van der Waals surface area contributed by atoms with Crippen molar-refractivity contribution in [2.75, 3.05) is 6.61 Å². The highest BCUT2D eigenvalue weighted by molar-refractivity contribution is 6.31. The number of rotatable bonds is 7. The van der Waals surface area contributed by atoms with Crippen LogP contribution in [-0.4, -0.2) is 12.6 Å². The number of benzene rings is 2. The molecule has 0 saturated heterocycles. The van der Waals surface area contributed by atoms with Crippen LogP contribution in [0.25, 0.3) is 0 Å². The molecule has 2 nitrogen and oxygen atoms in total. The van der Waals surface area contributed by atoms with Gasteiger partial charge in [0.05, 0.1) is 6.61 Å². The van der Waals surface area contributed by atoms with Crippen LogP contribution in [0.1, 0.15) is 24.5 Å². The summed E-state index contributed by atoms with van der Waals surface area (Å²) < 4.78 is 5.93. The molecule has 3 heteroatoms. The lowest BCUT2D eigenvalue weighted by molar-refractivity contribution is 0.317. The van der Waals surface area contributed by atoms with E-state index in [0.717, 1.165) is 35.6 Å². The van der Waals surface area contributed by atoms with Gasteiger partial charge >= 0.3 is 0 Å². The topological polar surface area (TPSA) is 35.2 Å². The fraction of sp³-hybridized carbons (Fsp3) is 0.333. The number of nitrogens with two attached hydrogens (primary N) is 1. The van der Waals surface area contributed by atoms with Crippen molar-refractivity contribution in [1.82, 2.24) is 0 Å². The Morgan fingerprint density at radius 3 is 2.57 bits per heavy atom. The molecule has 1 unspecified atom stereocenters. The Balaban J connectivity index is 2.00. The van der Waals surface area contributed by atoms with Gasteiger partial charge in [-0.1, -0.05) is 54.9 Å². The molecule has 0 heterocycles. The SMILES string of the molecule is CCC(N)Cc1c(Cl)cccc1OCCc1ccccc1. The zero-order chi connectivity index (χ0) is 15.1. The first-order valence-corrected chi connectivity index (χ1v) is 7.78. The van der Waals surface area contributed by atoms with Gasteiger partial charge in [-0.05, 0) is 30.5 Å². The number of hydrogen-bond acceptors (Lipinski definition) is 2. The quantitative estimate of drug-likeness (QED) is 0.830. The van der Waals surface area contributed by atoms with E-state index >= 15 is 0 Å². The summed E-state index contributed by atoms with van der Waals surface area (Å²) in [5, 5.41) is 0.733. The first-order valence-electron chi connectivity index (χ1n) is 7.40. The summed E-state index contributed by atoms with van der Waals surface area (Å²) in [5.74, 6) is 0.849. The summed E-state index contributed by atoms with van der Waals surface area (Å²) in [6.45, 7) is 2.72. The fourth-order valence-corrected chi connectivity index (χ4v) is 2.45. The molecule has 0 aliphatic heterocycles. The third-order valence-corrected chi connectivity index (χ3v) is 3.91. The van der Waals surface area contributed by atoms with Crippen LogP contribution in [0.5, 0.6) is 5.75 Å². The molecule has 0 radical (unpaired) electrons. The molecule has 21 heavy (non-hydrogen) atoms. The Kier molecular flexibility index (Phi) is 6.09. The molecule has 0 spiro atoms. The molecule has 0 aliphatic carbocycles. The Hall–Kier alpha value is -1.51.